The largest absolute Gasteiger partial charge is 0.462 e. The van der Waals surface area contributed by atoms with Gasteiger partial charge in [0, 0.05) is 20.4 Å². The van der Waals surface area contributed by atoms with Crippen LogP contribution >= 0.6 is 0 Å². The van der Waals surface area contributed by atoms with Gasteiger partial charge in [0.05, 0.1) is 19.1 Å². The molecule has 7 nitrogen and oxygen atoms in total. The standard InChI is InChI=1S/C11H20N2O5/c1-7(18-9(3)16)4-11(17)12-5-10(6-14)13-8(2)15/h7,10,14H,4-6H2,1-3H3,(H,12,17)(H,13,15)/t7-,10-/m1/s1. The van der Waals surface area contributed by atoms with Crippen LogP contribution in [-0.4, -0.2) is 48.2 Å². The second-order valence-corrected chi connectivity index (χ2v) is 4.01. The Labute approximate surface area is 106 Å². The number of aliphatic hydroxyl groups is 1. The number of aliphatic hydroxyl groups excluding tert-OH is 1. The van der Waals surface area contributed by atoms with Crippen LogP contribution in [0, 0.1) is 0 Å². The van der Waals surface area contributed by atoms with Crippen molar-refractivity contribution in [3.63, 3.8) is 0 Å². The van der Waals surface area contributed by atoms with Crippen molar-refractivity contribution in [2.75, 3.05) is 13.2 Å². The molecule has 0 aliphatic carbocycles. The summed E-state index contributed by atoms with van der Waals surface area (Å²) in [7, 11) is 0. The average molecular weight is 260 g/mol. The summed E-state index contributed by atoms with van der Waals surface area (Å²) in [4.78, 5) is 32.8. The maximum Gasteiger partial charge on any atom is 0.302 e. The van der Waals surface area contributed by atoms with Crippen LogP contribution in [-0.2, 0) is 19.1 Å². The fourth-order valence-electron chi connectivity index (χ4n) is 1.34. The van der Waals surface area contributed by atoms with Crippen molar-refractivity contribution < 1.29 is 24.2 Å². The van der Waals surface area contributed by atoms with Crippen LogP contribution in [0.25, 0.3) is 0 Å². The zero-order chi connectivity index (χ0) is 14.1. The van der Waals surface area contributed by atoms with E-state index in [1.807, 2.05) is 0 Å². The van der Waals surface area contributed by atoms with Crippen molar-refractivity contribution >= 4 is 17.8 Å². The minimum atomic E-state index is -0.518. The summed E-state index contributed by atoms with van der Waals surface area (Å²) in [6.45, 7) is 4.07. The van der Waals surface area contributed by atoms with Crippen LogP contribution in [0.5, 0.6) is 0 Å². The molecule has 0 unspecified atom stereocenters. The van der Waals surface area contributed by atoms with Gasteiger partial charge in [0.25, 0.3) is 0 Å². The molecular weight excluding hydrogens is 240 g/mol. The lowest BCUT2D eigenvalue weighted by molar-refractivity contribution is -0.146. The highest BCUT2D eigenvalue weighted by Crippen LogP contribution is 1.97. The van der Waals surface area contributed by atoms with E-state index in [0.717, 1.165) is 0 Å². The first-order chi connectivity index (χ1) is 8.35. The molecule has 0 rings (SSSR count). The molecule has 0 fully saturated rings. The van der Waals surface area contributed by atoms with E-state index in [1.54, 1.807) is 6.92 Å². The molecule has 0 saturated heterocycles. The third-order valence-electron chi connectivity index (χ3n) is 2.01. The van der Waals surface area contributed by atoms with Gasteiger partial charge in [-0.2, -0.15) is 0 Å². The van der Waals surface area contributed by atoms with Gasteiger partial charge in [0.1, 0.15) is 6.10 Å². The molecule has 0 aromatic heterocycles. The van der Waals surface area contributed by atoms with Gasteiger partial charge >= 0.3 is 5.97 Å². The predicted molar refractivity (Wildman–Crippen MR) is 63.5 cm³/mol. The molecule has 0 aromatic carbocycles. The molecule has 18 heavy (non-hydrogen) atoms. The lowest BCUT2D eigenvalue weighted by atomic mass is 10.2. The van der Waals surface area contributed by atoms with E-state index >= 15 is 0 Å². The van der Waals surface area contributed by atoms with Gasteiger partial charge in [-0.1, -0.05) is 0 Å². The SMILES string of the molecule is CC(=O)N[C@@H](CO)CNC(=O)C[C@@H](C)OC(C)=O. The summed E-state index contributed by atoms with van der Waals surface area (Å²) in [6, 6.07) is -0.518. The van der Waals surface area contributed by atoms with Crippen LogP contribution in [0.4, 0.5) is 0 Å². The first kappa shape index (κ1) is 16.4. The van der Waals surface area contributed by atoms with Crippen LogP contribution in [0.2, 0.25) is 0 Å². The van der Waals surface area contributed by atoms with E-state index in [2.05, 4.69) is 10.6 Å². The Morgan fingerprint density at radius 1 is 1.28 bits per heavy atom. The van der Waals surface area contributed by atoms with E-state index in [-0.39, 0.29) is 31.4 Å². The first-order valence-corrected chi connectivity index (χ1v) is 5.67. The van der Waals surface area contributed by atoms with Gasteiger partial charge in [0.2, 0.25) is 11.8 Å². The van der Waals surface area contributed by atoms with Crippen LogP contribution in [0.1, 0.15) is 27.2 Å². The Bertz CT molecular complexity index is 306. The van der Waals surface area contributed by atoms with Crippen molar-refractivity contribution in [2.24, 2.45) is 0 Å². The number of rotatable bonds is 7. The number of hydrogen-bond acceptors (Lipinski definition) is 5. The Morgan fingerprint density at radius 3 is 2.33 bits per heavy atom. The highest BCUT2D eigenvalue weighted by atomic mass is 16.5. The van der Waals surface area contributed by atoms with Gasteiger partial charge in [-0.05, 0) is 6.92 Å². The van der Waals surface area contributed by atoms with Crippen molar-refractivity contribution in [3.8, 4) is 0 Å². The first-order valence-electron chi connectivity index (χ1n) is 5.67. The summed E-state index contributed by atoms with van der Waals surface area (Å²) in [5, 5.41) is 14.0. The number of esters is 1. The van der Waals surface area contributed by atoms with Crippen LogP contribution < -0.4 is 10.6 Å². The number of ether oxygens (including phenoxy) is 1. The number of hydrogen-bond donors (Lipinski definition) is 3. The molecule has 104 valence electrons. The highest BCUT2D eigenvalue weighted by Gasteiger charge is 2.14. The van der Waals surface area contributed by atoms with Crippen molar-refractivity contribution in [3.05, 3.63) is 0 Å². The molecule has 0 radical (unpaired) electrons. The maximum atomic E-state index is 11.4. The van der Waals surface area contributed by atoms with E-state index < -0.39 is 18.1 Å². The lowest BCUT2D eigenvalue weighted by Gasteiger charge is -2.17. The molecule has 0 saturated carbocycles. The quantitative estimate of drug-likeness (QED) is 0.506. The smallest absolute Gasteiger partial charge is 0.302 e. The summed E-state index contributed by atoms with van der Waals surface area (Å²) in [5.41, 5.74) is 0. The average Bonchev–Trinajstić information content (AvgIpc) is 2.22. The monoisotopic (exact) mass is 260 g/mol. The molecule has 0 aliphatic rings. The minimum absolute atomic E-state index is 0.0395. The molecule has 0 bridgehead atoms. The van der Waals surface area contributed by atoms with Gasteiger partial charge in [-0.15, -0.1) is 0 Å². The minimum Gasteiger partial charge on any atom is -0.462 e. The van der Waals surface area contributed by atoms with Crippen molar-refractivity contribution in [1.82, 2.24) is 10.6 Å². The Balaban J connectivity index is 3.93. The van der Waals surface area contributed by atoms with Crippen molar-refractivity contribution in [1.29, 1.82) is 0 Å². The third-order valence-corrected chi connectivity index (χ3v) is 2.01. The maximum absolute atomic E-state index is 11.4. The molecule has 2 amide bonds. The molecule has 0 spiro atoms. The molecule has 2 atom stereocenters. The van der Waals surface area contributed by atoms with Crippen LogP contribution in [0.3, 0.4) is 0 Å². The van der Waals surface area contributed by atoms with E-state index in [4.69, 9.17) is 9.84 Å². The second-order valence-electron chi connectivity index (χ2n) is 4.01. The topological polar surface area (TPSA) is 105 Å². The highest BCUT2D eigenvalue weighted by molar-refractivity contribution is 5.77. The van der Waals surface area contributed by atoms with Crippen molar-refractivity contribution in [2.45, 2.75) is 39.3 Å². The van der Waals surface area contributed by atoms with Gasteiger partial charge in [-0.25, -0.2) is 0 Å². The number of carbonyl (C=O) groups excluding carboxylic acids is 3. The molecule has 3 N–H and O–H groups in total. The second kappa shape index (κ2) is 8.46. The summed E-state index contributed by atoms with van der Waals surface area (Å²) in [6.07, 6.45) is -0.464. The zero-order valence-electron chi connectivity index (χ0n) is 10.9. The number of nitrogens with one attached hydrogen (secondary N) is 2. The van der Waals surface area contributed by atoms with E-state index in [1.165, 1.54) is 13.8 Å². The van der Waals surface area contributed by atoms with E-state index in [0.29, 0.717) is 0 Å². The Hall–Kier alpha value is -1.63. The molecular formula is C11H20N2O5. The normalized spacial score (nSPS) is 13.3. The number of carbonyl (C=O) groups is 3. The van der Waals surface area contributed by atoms with E-state index in [9.17, 15) is 14.4 Å². The Kier molecular flexibility index (Phi) is 7.69. The zero-order valence-corrected chi connectivity index (χ0v) is 10.9. The molecule has 0 aromatic rings. The summed E-state index contributed by atoms with van der Waals surface area (Å²) >= 11 is 0. The Morgan fingerprint density at radius 2 is 1.89 bits per heavy atom. The van der Waals surface area contributed by atoms with Crippen LogP contribution in [0.15, 0.2) is 0 Å². The van der Waals surface area contributed by atoms with Gasteiger partial charge < -0.3 is 20.5 Å². The predicted octanol–water partition coefficient (Wildman–Crippen LogP) is -1.06. The molecule has 0 heterocycles. The number of amides is 2. The summed E-state index contributed by atoms with van der Waals surface area (Å²) < 4.78 is 4.80. The fourth-order valence-corrected chi connectivity index (χ4v) is 1.34. The fraction of sp³-hybridized carbons (Fsp3) is 0.727. The van der Waals surface area contributed by atoms with Gasteiger partial charge in [-0.3, -0.25) is 14.4 Å². The summed E-state index contributed by atoms with van der Waals surface area (Å²) in [5.74, 6) is -1.04. The molecule has 0 aliphatic heterocycles. The molecule has 7 heteroatoms. The lowest BCUT2D eigenvalue weighted by Crippen LogP contribution is -2.45. The van der Waals surface area contributed by atoms with Gasteiger partial charge in [0.15, 0.2) is 0 Å². The third kappa shape index (κ3) is 8.51.